The third-order valence-corrected chi connectivity index (χ3v) is 1.80. The van der Waals surface area contributed by atoms with Crippen LogP contribution in [0.15, 0.2) is 0 Å². The third kappa shape index (κ3) is 6.77. The van der Waals surface area contributed by atoms with Gasteiger partial charge in [-0.05, 0) is 6.42 Å². The molecule has 7 nitrogen and oxygen atoms in total. The van der Waals surface area contributed by atoms with E-state index in [1.807, 2.05) is 6.92 Å². The lowest BCUT2D eigenvalue weighted by Gasteiger charge is -2.10. The molecule has 0 spiro atoms. The van der Waals surface area contributed by atoms with Gasteiger partial charge in [0.25, 0.3) is 0 Å². The van der Waals surface area contributed by atoms with Crippen LogP contribution in [0.2, 0.25) is 0 Å². The largest absolute Gasteiger partial charge is 0.480 e. The molecule has 0 rings (SSSR count). The lowest BCUT2D eigenvalue weighted by Crippen LogP contribution is -2.45. The standard InChI is InChI=1S/C9H17N3O4/c1-2-3-6(10)9(16)12-4-7(13)11-5-8(14)15/h6H,2-5,10H2,1H3,(H,11,13)(H,12,16)(H,14,15)/t6-/m0/s1. The number of amides is 2. The fourth-order valence-corrected chi connectivity index (χ4v) is 0.977. The van der Waals surface area contributed by atoms with E-state index < -0.39 is 30.4 Å². The first kappa shape index (κ1) is 14.4. The molecule has 5 N–H and O–H groups in total. The van der Waals surface area contributed by atoms with Crippen molar-refractivity contribution in [1.29, 1.82) is 0 Å². The van der Waals surface area contributed by atoms with Crippen molar-refractivity contribution in [3.05, 3.63) is 0 Å². The van der Waals surface area contributed by atoms with Crippen LogP contribution in [0, 0.1) is 0 Å². The number of carboxylic acids is 1. The molecule has 1 atom stereocenters. The van der Waals surface area contributed by atoms with Crippen LogP contribution >= 0.6 is 0 Å². The van der Waals surface area contributed by atoms with Gasteiger partial charge >= 0.3 is 5.97 Å². The summed E-state index contributed by atoms with van der Waals surface area (Å²) in [6.45, 7) is 1.17. The highest BCUT2D eigenvalue weighted by atomic mass is 16.4. The summed E-state index contributed by atoms with van der Waals surface area (Å²) in [5, 5.41) is 12.7. The maximum absolute atomic E-state index is 11.2. The third-order valence-electron chi connectivity index (χ3n) is 1.80. The van der Waals surface area contributed by atoms with Crippen LogP contribution in [0.4, 0.5) is 0 Å². The van der Waals surface area contributed by atoms with E-state index in [4.69, 9.17) is 10.8 Å². The molecule has 0 aliphatic carbocycles. The second-order valence-corrected chi connectivity index (χ2v) is 3.28. The molecular formula is C9H17N3O4. The minimum atomic E-state index is -1.14. The Hall–Kier alpha value is -1.63. The van der Waals surface area contributed by atoms with Crippen LogP contribution in [0.5, 0.6) is 0 Å². The fourth-order valence-electron chi connectivity index (χ4n) is 0.977. The summed E-state index contributed by atoms with van der Waals surface area (Å²) >= 11 is 0. The second-order valence-electron chi connectivity index (χ2n) is 3.28. The minimum Gasteiger partial charge on any atom is -0.480 e. The van der Waals surface area contributed by atoms with E-state index in [1.165, 1.54) is 0 Å². The number of rotatable bonds is 7. The Labute approximate surface area is 93.4 Å². The molecule has 92 valence electrons. The summed E-state index contributed by atoms with van der Waals surface area (Å²) in [6.07, 6.45) is 1.32. The van der Waals surface area contributed by atoms with Gasteiger partial charge in [0.2, 0.25) is 11.8 Å². The van der Waals surface area contributed by atoms with Crippen molar-refractivity contribution in [2.24, 2.45) is 5.73 Å². The van der Waals surface area contributed by atoms with Crippen LogP contribution in [-0.2, 0) is 14.4 Å². The van der Waals surface area contributed by atoms with Crippen LogP contribution in [0.1, 0.15) is 19.8 Å². The van der Waals surface area contributed by atoms with Gasteiger partial charge < -0.3 is 21.5 Å². The highest BCUT2D eigenvalue weighted by Gasteiger charge is 2.13. The SMILES string of the molecule is CCC[C@H](N)C(=O)NCC(=O)NCC(=O)O. The number of hydrogen-bond donors (Lipinski definition) is 4. The number of nitrogens with two attached hydrogens (primary N) is 1. The van der Waals surface area contributed by atoms with E-state index in [2.05, 4.69) is 10.6 Å². The van der Waals surface area contributed by atoms with Crippen LogP contribution in [-0.4, -0.2) is 42.0 Å². The van der Waals surface area contributed by atoms with Crippen molar-refractivity contribution in [2.75, 3.05) is 13.1 Å². The number of carbonyl (C=O) groups excluding carboxylic acids is 2. The van der Waals surface area contributed by atoms with E-state index in [9.17, 15) is 14.4 Å². The predicted octanol–water partition coefficient (Wildman–Crippen LogP) is -1.57. The molecule has 0 aliphatic heterocycles. The molecule has 7 heteroatoms. The van der Waals surface area contributed by atoms with Gasteiger partial charge in [0.1, 0.15) is 6.54 Å². The summed E-state index contributed by atoms with van der Waals surface area (Å²) < 4.78 is 0. The monoisotopic (exact) mass is 231 g/mol. The molecule has 16 heavy (non-hydrogen) atoms. The molecule has 0 aromatic carbocycles. The Morgan fingerprint density at radius 3 is 2.38 bits per heavy atom. The molecule has 0 aliphatic rings. The van der Waals surface area contributed by atoms with Crippen molar-refractivity contribution >= 4 is 17.8 Å². The first-order valence-corrected chi connectivity index (χ1v) is 4.99. The van der Waals surface area contributed by atoms with Gasteiger partial charge in [-0.2, -0.15) is 0 Å². The molecule has 2 amide bonds. The van der Waals surface area contributed by atoms with Crippen molar-refractivity contribution in [1.82, 2.24) is 10.6 Å². The maximum atomic E-state index is 11.2. The summed E-state index contributed by atoms with van der Waals surface area (Å²) in [6, 6.07) is -0.628. The van der Waals surface area contributed by atoms with Crippen LogP contribution < -0.4 is 16.4 Å². The topological polar surface area (TPSA) is 122 Å². The van der Waals surface area contributed by atoms with Gasteiger partial charge in [0.15, 0.2) is 0 Å². The highest BCUT2D eigenvalue weighted by molar-refractivity contribution is 5.88. The van der Waals surface area contributed by atoms with E-state index in [0.717, 1.165) is 6.42 Å². The van der Waals surface area contributed by atoms with Gasteiger partial charge in [0.05, 0.1) is 12.6 Å². The van der Waals surface area contributed by atoms with Crippen molar-refractivity contribution in [2.45, 2.75) is 25.8 Å². The average Bonchev–Trinajstić information content (AvgIpc) is 2.23. The second kappa shape index (κ2) is 7.63. The summed E-state index contributed by atoms with van der Waals surface area (Å²) in [5.74, 6) is -2.10. The normalized spacial score (nSPS) is 11.6. The van der Waals surface area contributed by atoms with Gasteiger partial charge in [-0.1, -0.05) is 13.3 Å². The van der Waals surface area contributed by atoms with E-state index >= 15 is 0 Å². The summed E-state index contributed by atoms with van der Waals surface area (Å²) in [7, 11) is 0. The van der Waals surface area contributed by atoms with E-state index in [1.54, 1.807) is 0 Å². The van der Waals surface area contributed by atoms with Crippen molar-refractivity contribution in [3.63, 3.8) is 0 Å². The quantitative estimate of drug-likeness (QED) is 0.422. The van der Waals surface area contributed by atoms with Gasteiger partial charge in [-0.15, -0.1) is 0 Å². The lowest BCUT2D eigenvalue weighted by molar-refractivity contribution is -0.137. The number of carboxylic acid groups (broad SMARTS) is 1. The van der Waals surface area contributed by atoms with Crippen molar-refractivity contribution in [3.8, 4) is 0 Å². The Kier molecular flexibility index (Phi) is 6.86. The smallest absolute Gasteiger partial charge is 0.322 e. The van der Waals surface area contributed by atoms with E-state index in [0.29, 0.717) is 6.42 Å². The highest BCUT2D eigenvalue weighted by Crippen LogP contribution is 1.92. The number of hydrogen-bond acceptors (Lipinski definition) is 4. The van der Waals surface area contributed by atoms with Crippen molar-refractivity contribution < 1.29 is 19.5 Å². The molecule has 0 bridgehead atoms. The molecule has 0 unspecified atom stereocenters. The zero-order chi connectivity index (χ0) is 12.6. The van der Waals surface area contributed by atoms with Crippen LogP contribution in [0.25, 0.3) is 0 Å². The minimum absolute atomic E-state index is 0.260. The average molecular weight is 231 g/mol. The first-order valence-electron chi connectivity index (χ1n) is 4.99. The molecule has 0 aromatic rings. The Bertz CT molecular complexity index is 267. The number of nitrogens with one attached hydrogen (secondary N) is 2. The summed E-state index contributed by atoms with van der Waals surface area (Å²) in [5.41, 5.74) is 5.50. The maximum Gasteiger partial charge on any atom is 0.322 e. The van der Waals surface area contributed by atoms with Gasteiger partial charge in [-0.3, -0.25) is 14.4 Å². The molecule has 0 heterocycles. The number of carbonyl (C=O) groups is 3. The molecular weight excluding hydrogens is 214 g/mol. The first-order chi connectivity index (χ1) is 7.47. The molecule has 0 radical (unpaired) electrons. The molecule has 0 fully saturated rings. The van der Waals surface area contributed by atoms with E-state index in [-0.39, 0.29) is 6.54 Å². The zero-order valence-corrected chi connectivity index (χ0v) is 9.16. The Morgan fingerprint density at radius 2 is 1.88 bits per heavy atom. The lowest BCUT2D eigenvalue weighted by atomic mass is 10.2. The predicted molar refractivity (Wildman–Crippen MR) is 56.5 cm³/mol. The fraction of sp³-hybridized carbons (Fsp3) is 0.667. The summed E-state index contributed by atoms with van der Waals surface area (Å²) in [4.78, 5) is 32.4. The van der Waals surface area contributed by atoms with Gasteiger partial charge in [-0.25, -0.2) is 0 Å². The molecule has 0 saturated heterocycles. The Morgan fingerprint density at radius 1 is 1.25 bits per heavy atom. The van der Waals surface area contributed by atoms with Gasteiger partial charge in [0, 0.05) is 0 Å². The zero-order valence-electron chi connectivity index (χ0n) is 9.16. The molecule has 0 aromatic heterocycles. The molecule has 0 saturated carbocycles. The Balaban J connectivity index is 3.74. The number of aliphatic carboxylic acids is 1. The van der Waals surface area contributed by atoms with Crippen LogP contribution in [0.3, 0.4) is 0 Å².